The van der Waals surface area contributed by atoms with Gasteiger partial charge in [-0.1, -0.05) is 29.3 Å². The summed E-state index contributed by atoms with van der Waals surface area (Å²) in [5.41, 5.74) is -0.0464. The summed E-state index contributed by atoms with van der Waals surface area (Å²) in [6.07, 6.45) is -0.208. The lowest BCUT2D eigenvalue weighted by Gasteiger charge is -2.28. The predicted octanol–water partition coefficient (Wildman–Crippen LogP) is 3.22. The number of nitrogens with one attached hydrogen (secondary N) is 1. The molecule has 0 aromatic heterocycles. The van der Waals surface area contributed by atoms with Crippen molar-refractivity contribution in [3.8, 4) is 0 Å². The Morgan fingerprint density at radius 3 is 2.65 bits per heavy atom. The minimum absolute atomic E-state index is 0.124. The number of amides is 1. The molecule has 0 aliphatic heterocycles. The molecule has 1 unspecified atom stereocenters. The van der Waals surface area contributed by atoms with E-state index in [2.05, 4.69) is 5.32 Å². The third kappa shape index (κ3) is 7.44. The average molecular weight is 380 g/mol. The Morgan fingerprint density at radius 2 is 2.09 bits per heavy atom. The van der Waals surface area contributed by atoms with Gasteiger partial charge in [-0.3, -0.25) is 9.59 Å². The first-order valence-electron chi connectivity index (χ1n) is 6.79. The standard InChI is InChI=1S/C15H19Cl2NO4S/c1-15(9-22-2,6-14(20)21)18-13(19)8-23-7-10-3-4-11(16)5-12(10)17/h3-5H,6-9H2,1-2H3,(H,18,19)(H,20,21). The first-order chi connectivity index (χ1) is 10.8. The van der Waals surface area contributed by atoms with Crippen molar-refractivity contribution in [1.29, 1.82) is 0 Å². The smallest absolute Gasteiger partial charge is 0.305 e. The summed E-state index contributed by atoms with van der Waals surface area (Å²) in [5, 5.41) is 12.8. The van der Waals surface area contributed by atoms with Gasteiger partial charge in [0.25, 0.3) is 0 Å². The topological polar surface area (TPSA) is 75.6 Å². The summed E-state index contributed by atoms with van der Waals surface area (Å²) in [5.74, 6) is -0.493. The van der Waals surface area contributed by atoms with Crippen LogP contribution in [0, 0.1) is 0 Å². The van der Waals surface area contributed by atoms with Crippen LogP contribution in [0.4, 0.5) is 0 Å². The molecule has 8 heteroatoms. The normalized spacial score (nSPS) is 13.4. The number of thioether (sulfide) groups is 1. The van der Waals surface area contributed by atoms with Crippen molar-refractivity contribution in [3.05, 3.63) is 33.8 Å². The van der Waals surface area contributed by atoms with Crippen LogP contribution in [0.3, 0.4) is 0 Å². The molecule has 0 spiro atoms. The molecule has 0 aliphatic carbocycles. The van der Waals surface area contributed by atoms with Gasteiger partial charge in [0, 0.05) is 22.9 Å². The Labute approximate surface area is 149 Å². The fraction of sp³-hybridized carbons (Fsp3) is 0.467. The van der Waals surface area contributed by atoms with E-state index in [0.29, 0.717) is 15.8 Å². The molecular formula is C15H19Cl2NO4S. The molecule has 0 bridgehead atoms. The molecule has 128 valence electrons. The Bertz CT molecular complexity index is 570. The van der Waals surface area contributed by atoms with Gasteiger partial charge in [-0.15, -0.1) is 11.8 Å². The molecule has 0 fully saturated rings. The van der Waals surface area contributed by atoms with Crippen molar-refractivity contribution >= 4 is 46.8 Å². The second kappa shape index (κ2) is 9.37. The lowest BCUT2D eigenvalue weighted by molar-refractivity contribution is -0.139. The lowest BCUT2D eigenvalue weighted by Crippen LogP contribution is -2.51. The van der Waals surface area contributed by atoms with E-state index in [0.717, 1.165) is 5.56 Å². The highest BCUT2D eigenvalue weighted by Gasteiger charge is 2.29. The minimum Gasteiger partial charge on any atom is -0.481 e. The van der Waals surface area contributed by atoms with Crippen LogP contribution < -0.4 is 5.32 Å². The van der Waals surface area contributed by atoms with Crippen molar-refractivity contribution in [2.24, 2.45) is 0 Å². The van der Waals surface area contributed by atoms with Gasteiger partial charge in [0.1, 0.15) is 0 Å². The van der Waals surface area contributed by atoms with E-state index in [4.69, 9.17) is 33.0 Å². The molecule has 0 saturated heterocycles. The van der Waals surface area contributed by atoms with Crippen LogP contribution in [0.25, 0.3) is 0 Å². The number of carboxylic acids is 1. The number of methoxy groups -OCH3 is 1. The number of benzene rings is 1. The van der Waals surface area contributed by atoms with Gasteiger partial charge in [0.05, 0.1) is 24.3 Å². The van der Waals surface area contributed by atoms with Gasteiger partial charge in [0.15, 0.2) is 0 Å². The van der Waals surface area contributed by atoms with Gasteiger partial charge in [-0.2, -0.15) is 0 Å². The minimum atomic E-state index is -0.995. The number of hydrogen-bond donors (Lipinski definition) is 2. The quantitative estimate of drug-likeness (QED) is 0.688. The number of aliphatic carboxylic acids is 1. The van der Waals surface area contributed by atoms with Crippen LogP contribution in [-0.4, -0.2) is 42.0 Å². The number of carbonyl (C=O) groups is 2. The summed E-state index contributed by atoms with van der Waals surface area (Å²) in [6, 6.07) is 5.21. The van der Waals surface area contributed by atoms with Crippen LogP contribution in [0.15, 0.2) is 18.2 Å². The van der Waals surface area contributed by atoms with Crippen molar-refractivity contribution in [2.75, 3.05) is 19.5 Å². The van der Waals surface area contributed by atoms with E-state index in [9.17, 15) is 9.59 Å². The predicted molar refractivity (Wildman–Crippen MR) is 93.3 cm³/mol. The highest BCUT2D eigenvalue weighted by atomic mass is 35.5. The fourth-order valence-electron chi connectivity index (χ4n) is 2.05. The molecule has 0 saturated carbocycles. The van der Waals surface area contributed by atoms with E-state index >= 15 is 0 Å². The molecule has 1 aromatic rings. The van der Waals surface area contributed by atoms with Crippen LogP contribution in [0.2, 0.25) is 10.0 Å². The maximum Gasteiger partial charge on any atom is 0.305 e. The third-order valence-corrected chi connectivity index (χ3v) is 4.52. The second-order valence-electron chi connectivity index (χ2n) is 5.34. The maximum absolute atomic E-state index is 12.0. The van der Waals surface area contributed by atoms with Crippen LogP contribution in [0.5, 0.6) is 0 Å². The molecular weight excluding hydrogens is 361 g/mol. The highest BCUT2D eigenvalue weighted by molar-refractivity contribution is 7.99. The van der Waals surface area contributed by atoms with E-state index in [1.165, 1.54) is 18.9 Å². The number of halogens is 2. The van der Waals surface area contributed by atoms with E-state index in [1.807, 2.05) is 6.07 Å². The number of carbonyl (C=O) groups excluding carboxylic acids is 1. The Morgan fingerprint density at radius 1 is 1.39 bits per heavy atom. The summed E-state index contributed by atoms with van der Waals surface area (Å²) < 4.78 is 4.99. The Kier molecular flexibility index (Phi) is 8.19. The number of rotatable bonds is 9. The SMILES string of the molecule is COCC(C)(CC(=O)O)NC(=O)CSCc1ccc(Cl)cc1Cl. The van der Waals surface area contributed by atoms with Gasteiger partial charge >= 0.3 is 5.97 Å². The highest BCUT2D eigenvalue weighted by Crippen LogP contribution is 2.24. The maximum atomic E-state index is 12.0. The number of carboxylic acid groups (broad SMARTS) is 1. The zero-order valence-electron chi connectivity index (χ0n) is 12.9. The van der Waals surface area contributed by atoms with E-state index in [-0.39, 0.29) is 24.7 Å². The van der Waals surface area contributed by atoms with E-state index < -0.39 is 11.5 Å². The first-order valence-corrected chi connectivity index (χ1v) is 8.70. The monoisotopic (exact) mass is 379 g/mol. The number of hydrogen-bond acceptors (Lipinski definition) is 4. The van der Waals surface area contributed by atoms with Gasteiger partial charge in [-0.05, 0) is 24.6 Å². The Hall–Kier alpha value is -0.950. The molecule has 1 amide bonds. The molecule has 0 heterocycles. The zero-order valence-corrected chi connectivity index (χ0v) is 15.2. The summed E-state index contributed by atoms with van der Waals surface area (Å²) >= 11 is 13.3. The van der Waals surface area contributed by atoms with Gasteiger partial charge in [-0.25, -0.2) is 0 Å². The second-order valence-corrected chi connectivity index (χ2v) is 7.17. The Balaban J connectivity index is 2.50. The van der Waals surface area contributed by atoms with Crippen molar-refractivity contribution in [1.82, 2.24) is 5.32 Å². The van der Waals surface area contributed by atoms with E-state index in [1.54, 1.807) is 19.1 Å². The lowest BCUT2D eigenvalue weighted by atomic mass is 9.99. The van der Waals surface area contributed by atoms with Crippen LogP contribution in [-0.2, 0) is 20.1 Å². The molecule has 1 aromatic carbocycles. The van der Waals surface area contributed by atoms with Crippen molar-refractivity contribution in [3.63, 3.8) is 0 Å². The molecule has 23 heavy (non-hydrogen) atoms. The molecule has 1 rings (SSSR count). The first kappa shape index (κ1) is 20.1. The molecule has 2 N–H and O–H groups in total. The van der Waals surface area contributed by atoms with Crippen LogP contribution in [0.1, 0.15) is 18.9 Å². The third-order valence-electron chi connectivity index (χ3n) is 2.95. The average Bonchev–Trinajstić information content (AvgIpc) is 2.40. The molecule has 0 aliphatic rings. The van der Waals surface area contributed by atoms with Gasteiger partial charge in [0.2, 0.25) is 5.91 Å². The number of ether oxygens (including phenoxy) is 1. The largest absolute Gasteiger partial charge is 0.481 e. The molecule has 1 atom stereocenters. The summed E-state index contributed by atoms with van der Waals surface area (Å²) in [4.78, 5) is 22.9. The van der Waals surface area contributed by atoms with Crippen molar-refractivity contribution in [2.45, 2.75) is 24.6 Å². The van der Waals surface area contributed by atoms with Crippen LogP contribution >= 0.6 is 35.0 Å². The molecule has 5 nitrogen and oxygen atoms in total. The summed E-state index contributed by atoms with van der Waals surface area (Å²) in [7, 11) is 1.46. The summed E-state index contributed by atoms with van der Waals surface area (Å²) in [6.45, 7) is 1.77. The zero-order chi connectivity index (χ0) is 17.5. The fourth-order valence-corrected chi connectivity index (χ4v) is 3.43. The molecule has 0 radical (unpaired) electrons. The van der Waals surface area contributed by atoms with Crippen molar-refractivity contribution < 1.29 is 19.4 Å². The van der Waals surface area contributed by atoms with Gasteiger partial charge < -0.3 is 15.2 Å².